The molecule has 3 rings (SSSR count). The summed E-state index contributed by atoms with van der Waals surface area (Å²) >= 11 is 7.72. The van der Waals surface area contributed by atoms with Crippen molar-refractivity contribution in [3.63, 3.8) is 0 Å². The number of hydrogen-bond acceptors (Lipinski definition) is 3. The van der Waals surface area contributed by atoms with Gasteiger partial charge >= 0.3 is 0 Å². The van der Waals surface area contributed by atoms with Crippen LogP contribution < -0.4 is 5.32 Å². The van der Waals surface area contributed by atoms with E-state index < -0.39 is 0 Å². The summed E-state index contributed by atoms with van der Waals surface area (Å²) in [6.07, 6.45) is 0.883. The smallest absolute Gasteiger partial charge is 0.137 e. The number of nitrogens with zero attached hydrogens (tertiary/aromatic N) is 1. The Morgan fingerprint density at radius 1 is 1.33 bits per heavy atom. The Kier molecular flexibility index (Phi) is 4.05. The monoisotopic (exact) mass is 318 g/mol. The largest absolute Gasteiger partial charge is 0.377 e. The predicted molar refractivity (Wildman–Crippen MR) is 84.3 cm³/mol. The zero-order valence-corrected chi connectivity index (χ0v) is 12.6. The van der Waals surface area contributed by atoms with Gasteiger partial charge in [0.15, 0.2) is 0 Å². The minimum Gasteiger partial charge on any atom is -0.377 e. The van der Waals surface area contributed by atoms with Crippen molar-refractivity contribution in [2.75, 3.05) is 11.1 Å². The Morgan fingerprint density at radius 3 is 3.00 bits per heavy atom. The van der Waals surface area contributed by atoms with E-state index in [2.05, 4.69) is 11.4 Å². The summed E-state index contributed by atoms with van der Waals surface area (Å²) in [5, 5.41) is 12.9. The standard InChI is InChI=1S/C16H12ClFN2S/c17-12-5-4-10(9-19)8-15(12)20-14-6-7-21-16-11(14)2-1-3-13(16)18/h1-5,8,14,20H,6-7H2. The molecule has 5 heteroatoms. The average molecular weight is 319 g/mol. The van der Waals surface area contributed by atoms with E-state index in [1.54, 1.807) is 36.0 Å². The molecule has 0 fully saturated rings. The van der Waals surface area contributed by atoms with Gasteiger partial charge in [-0.15, -0.1) is 11.8 Å². The number of hydrogen-bond donors (Lipinski definition) is 1. The zero-order chi connectivity index (χ0) is 14.8. The van der Waals surface area contributed by atoms with Crippen molar-refractivity contribution in [3.8, 4) is 6.07 Å². The molecule has 106 valence electrons. The highest BCUT2D eigenvalue weighted by Crippen LogP contribution is 2.40. The van der Waals surface area contributed by atoms with Crippen molar-refractivity contribution in [2.45, 2.75) is 17.4 Å². The maximum atomic E-state index is 13.9. The van der Waals surface area contributed by atoms with Crippen LogP contribution in [0.25, 0.3) is 0 Å². The van der Waals surface area contributed by atoms with E-state index in [1.165, 1.54) is 6.07 Å². The Morgan fingerprint density at radius 2 is 2.19 bits per heavy atom. The highest BCUT2D eigenvalue weighted by Gasteiger charge is 2.23. The lowest BCUT2D eigenvalue weighted by Gasteiger charge is -2.27. The number of fused-ring (bicyclic) bond motifs is 1. The lowest BCUT2D eigenvalue weighted by atomic mass is 10.0. The summed E-state index contributed by atoms with van der Waals surface area (Å²) in [4.78, 5) is 0.703. The molecule has 0 aliphatic carbocycles. The number of nitrogens with one attached hydrogen (secondary N) is 1. The van der Waals surface area contributed by atoms with E-state index in [1.807, 2.05) is 6.07 Å². The molecular formula is C16H12ClFN2S. The fourth-order valence-electron chi connectivity index (χ4n) is 2.43. The molecule has 1 heterocycles. The first-order valence-corrected chi connectivity index (χ1v) is 7.93. The fraction of sp³-hybridized carbons (Fsp3) is 0.188. The second-order valence-corrected chi connectivity index (χ2v) is 6.31. The summed E-state index contributed by atoms with van der Waals surface area (Å²) < 4.78 is 13.9. The fourth-order valence-corrected chi connectivity index (χ4v) is 3.74. The van der Waals surface area contributed by atoms with Gasteiger partial charge in [-0.3, -0.25) is 0 Å². The molecule has 1 unspecified atom stereocenters. The van der Waals surface area contributed by atoms with E-state index in [-0.39, 0.29) is 11.9 Å². The molecule has 0 saturated heterocycles. The van der Waals surface area contributed by atoms with Gasteiger partial charge in [-0.2, -0.15) is 5.26 Å². The molecular weight excluding hydrogens is 307 g/mol. The third-order valence-corrected chi connectivity index (χ3v) is 4.94. The van der Waals surface area contributed by atoms with Gasteiger partial charge in [0, 0.05) is 10.6 Å². The van der Waals surface area contributed by atoms with Gasteiger partial charge in [-0.1, -0.05) is 23.7 Å². The van der Waals surface area contributed by atoms with Crippen molar-refractivity contribution in [3.05, 3.63) is 58.4 Å². The molecule has 2 aromatic rings. The van der Waals surface area contributed by atoms with Crippen LogP contribution >= 0.6 is 23.4 Å². The van der Waals surface area contributed by atoms with Crippen molar-refractivity contribution >= 4 is 29.1 Å². The van der Waals surface area contributed by atoms with Gasteiger partial charge in [-0.25, -0.2) is 4.39 Å². The van der Waals surface area contributed by atoms with Crippen LogP contribution in [0.15, 0.2) is 41.3 Å². The summed E-state index contributed by atoms with van der Waals surface area (Å²) in [6, 6.07) is 12.3. The predicted octanol–water partition coefficient (Wildman–Crippen LogP) is 5.00. The normalized spacial score (nSPS) is 16.9. The highest BCUT2D eigenvalue weighted by molar-refractivity contribution is 7.99. The van der Waals surface area contributed by atoms with E-state index in [9.17, 15) is 4.39 Å². The molecule has 2 aromatic carbocycles. The van der Waals surface area contributed by atoms with Crippen LogP contribution in [0, 0.1) is 17.1 Å². The lowest BCUT2D eigenvalue weighted by molar-refractivity contribution is 0.585. The molecule has 0 amide bonds. The van der Waals surface area contributed by atoms with Crippen LogP contribution in [0.2, 0.25) is 5.02 Å². The molecule has 0 radical (unpaired) electrons. The van der Waals surface area contributed by atoms with Crippen LogP contribution in [0.5, 0.6) is 0 Å². The molecule has 1 aliphatic heterocycles. The first-order valence-electron chi connectivity index (χ1n) is 6.56. The maximum absolute atomic E-state index is 13.9. The third-order valence-electron chi connectivity index (χ3n) is 3.45. The second-order valence-electron chi connectivity index (χ2n) is 4.80. The van der Waals surface area contributed by atoms with Gasteiger partial charge in [0.25, 0.3) is 0 Å². The molecule has 2 nitrogen and oxygen atoms in total. The van der Waals surface area contributed by atoms with Crippen LogP contribution in [0.4, 0.5) is 10.1 Å². The zero-order valence-electron chi connectivity index (χ0n) is 11.1. The first kappa shape index (κ1) is 14.2. The molecule has 1 atom stereocenters. The van der Waals surface area contributed by atoms with Gasteiger partial charge in [0.05, 0.1) is 28.4 Å². The summed E-state index contributed by atoms with van der Waals surface area (Å²) in [5.41, 5.74) is 2.21. The summed E-state index contributed by atoms with van der Waals surface area (Å²) in [7, 11) is 0. The summed E-state index contributed by atoms with van der Waals surface area (Å²) in [5.74, 6) is 0.669. The average Bonchev–Trinajstić information content (AvgIpc) is 2.50. The van der Waals surface area contributed by atoms with Crippen LogP contribution in [-0.2, 0) is 0 Å². The number of halogens is 2. The highest BCUT2D eigenvalue weighted by atomic mass is 35.5. The topological polar surface area (TPSA) is 35.8 Å². The Labute approximate surface area is 131 Å². The molecule has 21 heavy (non-hydrogen) atoms. The minimum atomic E-state index is -0.180. The Bertz CT molecular complexity index is 727. The van der Waals surface area contributed by atoms with Crippen LogP contribution in [0.3, 0.4) is 0 Å². The number of nitriles is 1. The van der Waals surface area contributed by atoms with Gasteiger partial charge in [0.1, 0.15) is 5.82 Å². The summed E-state index contributed by atoms with van der Waals surface area (Å²) in [6.45, 7) is 0. The van der Waals surface area contributed by atoms with E-state index >= 15 is 0 Å². The Balaban J connectivity index is 1.94. The van der Waals surface area contributed by atoms with Gasteiger partial charge in [-0.05, 0) is 36.2 Å². The van der Waals surface area contributed by atoms with Crippen molar-refractivity contribution in [2.24, 2.45) is 0 Å². The molecule has 0 bridgehead atoms. The lowest BCUT2D eigenvalue weighted by Crippen LogP contribution is -2.17. The Hall–Kier alpha value is -1.70. The van der Waals surface area contributed by atoms with Gasteiger partial charge < -0.3 is 5.32 Å². The molecule has 1 aliphatic rings. The molecule has 0 spiro atoms. The van der Waals surface area contributed by atoms with Crippen molar-refractivity contribution in [1.82, 2.24) is 0 Å². The number of benzene rings is 2. The second kappa shape index (κ2) is 5.97. The third kappa shape index (κ3) is 2.85. The van der Waals surface area contributed by atoms with Gasteiger partial charge in [0.2, 0.25) is 0 Å². The number of rotatable bonds is 2. The van der Waals surface area contributed by atoms with E-state index in [0.717, 1.165) is 17.7 Å². The number of anilines is 1. The minimum absolute atomic E-state index is 0.00314. The first-order chi connectivity index (χ1) is 10.2. The van der Waals surface area contributed by atoms with Crippen molar-refractivity contribution in [1.29, 1.82) is 5.26 Å². The number of thioether (sulfide) groups is 1. The SMILES string of the molecule is N#Cc1ccc(Cl)c(NC2CCSc3c(F)cccc32)c1. The quantitative estimate of drug-likeness (QED) is 0.846. The molecule has 0 saturated carbocycles. The molecule has 0 aromatic heterocycles. The van der Waals surface area contributed by atoms with E-state index in [0.29, 0.717) is 21.2 Å². The maximum Gasteiger partial charge on any atom is 0.137 e. The van der Waals surface area contributed by atoms with Crippen LogP contribution in [0.1, 0.15) is 23.6 Å². The molecule has 1 N–H and O–H groups in total. The van der Waals surface area contributed by atoms with E-state index in [4.69, 9.17) is 16.9 Å². The van der Waals surface area contributed by atoms with Crippen LogP contribution in [-0.4, -0.2) is 5.75 Å². The van der Waals surface area contributed by atoms with Crippen molar-refractivity contribution < 1.29 is 4.39 Å².